The van der Waals surface area contributed by atoms with Crippen molar-refractivity contribution in [3.05, 3.63) is 24.3 Å². The molecular weight excluding hydrogens is 248 g/mol. The molecule has 100 valence electrons. The summed E-state index contributed by atoms with van der Waals surface area (Å²) in [5.41, 5.74) is 0. The first-order valence-electron chi connectivity index (χ1n) is 4.55. The van der Waals surface area contributed by atoms with Crippen LogP contribution in [-0.2, 0) is 9.59 Å². The first kappa shape index (κ1) is 15.7. The fraction of sp³-hybridized carbons (Fsp3) is 0.200. The molecule has 18 heavy (non-hydrogen) atoms. The Hall–Kier alpha value is -2.32. The van der Waals surface area contributed by atoms with Crippen LogP contribution in [0.5, 0.6) is 11.5 Å². The van der Waals surface area contributed by atoms with Crippen molar-refractivity contribution in [2.24, 2.45) is 0 Å². The van der Waals surface area contributed by atoms with E-state index < -0.39 is 24.1 Å². The van der Waals surface area contributed by atoms with Crippen LogP contribution < -0.4 is 0 Å². The minimum atomic E-state index is -2.27. The SMILES string of the molecule is O=C(O)C(O)C(O)C(=O)O.Oc1ccc(O)cc1. The highest BCUT2D eigenvalue weighted by molar-refractivity contribution is 5.83. The molecule has 1 aromatic rings. The Kier molecular flexibility index (Phi) is 6.18. The van der Waals surface area contributed by atoms with Gasteiger partial charge in [0.1, 0.15) is 11.5 Å². The lowest BCUT2D eigenvalue weighted by molar-refractivity contribution is -0.165. The molecule has 1 aromatic carbocycles. The largest absolute Gasteiger partial charge is 0.508 e. The molecule has 0 heterocycles. The van der Waals surface area contributed by atoms with E-state index in [4.69, 9.17) is 30.6 Å². The topological polar surface area (TPSA) is 156 Å². The Morgan fingerprint density at radius 2 is 1.00 bits per heavy atom. The predicted octanol–water partition coefficient (Wildman–Crippen LogP) is -1.02. The molecule has 0 radical (unpaired) electrons. The summed E-state index contributed by atoms with van der Waals surface area (Å²) in [6.45, 7) is 0. The van der Waals surface area contributed by atoms with Crippen LogP contribution in [0.15, 0.2) is 24.3 Å². The molecule has 1 rings (SSSR count). The summed E-state index contributed by atoms with van der Waals surface area (Å²) < 4.78 is 0. The summed E-state index contributed by atoms with van der Waals surface area (Å²) in [4.78, 5) is 19.5. The van der Waals surface area contributed by atoms with E-state index in [1.54, 1.807) is 0 Å². The van der Waals surface area contributed by atoms with Crippen molar-refractivity contribution in [1.82, 2.24) is 0 Å². The molecule has 0 aliphatic carbocycles. The number of carbonyl (C=O) groups is 2. The number of aliphatic hydroxyl groups excluding tert-OH is 2. The van der Waals surface area contributed by atoms with Crippen molar-refractivity contribution in [2.45, 2.75) is 12.2 Å². The van der Waals surface area contributed by atoms with Crippen LogP contribution in [0.4, 0.5) is 0 Å². The highest BCUT2D eigenvalue weighted by Crippen LogP contribution is 2.13. The monoisotopic (exact) mass is 260 g/mol. The maximum Gasteiger partial charge on any atom is 0.335 e. The van der Waals surface area contributed by atoms with Crippen molar-refractivity contribution < 1.29 is 40.2 Å². The fourth-order valence-electron chi connectivity index (χ4n) is 0.723. The summed E-state index contributed by atoms with van der Waals surface area (Å²) in [6.07, 6.45) is -4.53. The smallest absolute Gasteiger partial charge is 0.335 e. The third kappa shape index (κ3) is 5.68. The number of phenolic OH excluding ortho intramolecular Hbond substituents is 2. The lowest BCUT2D eigenvalue weighted by atomic mass is 10.2. The zero-order chi connectivity index (χ0) is 14.3. The summed E-state index contributed by atoms with van der Waals surface area (Å²) in [7, 11) is 0. The number of carboxylic acids is 2. The van der Waals surface area contributed by atoms with Crippen LogP contribution in [-0.4, -0.2) is 54.8 Å². The second-order valence-electron chi connectivity index (χ2n) is 3.08. The van der Waals surface area contributed by atoms with E-state index in [0.29, 0.717) is 0 Å². The minimum Gasteiger partial charge on any atom is -0.508 e. The van der Waals surface area contributed by atoms with E-state index in [-0.39, 0.29) is 11.5 Å². The molecule has 0 spiro atoms. The number of rotatable bonds is 3. The van der Waals surface area contributed by atoms with Crippen molar-refractivity contribution in [2.75, 3.05) is 0 Å². The molecule has 2 atom stereocenters. The summed E-state index contributed by atoms with van der Waals surface area (Å²) >= 11 is 0. The summed E-state index contributed by atoms with van der Waals surface area (Å²) in [5, 5.41) is 49.8. The first-order valence-corrected chi connectivity index (χ1v) is 4.55. The number of benzene rings is 1. The van der Waals surface area contributed by atoms with Gasteiger partial charge in [-0.2, -0.15) is 0 Å². The molecule has 6 N–H and O–H groups in total. The molecule has 0 fully saturated rings. The zero-order valence-electron chi connectivity index (χ0n) is 8.96. The number of aliphatic carboxylic acids is 2. The van der Waals surface area contributed by atoms with Crippen LogP contribution in [0.2, 0.25) is 0 Å². The van der Waals surface area contributed by atoms with Crippen molar-refractivity contribution in [1.29, 1.82) is 0 Å². The average molecular weight is 260 g/mol. The van der Waals surface area contributed by atoms with Gasteiger partial charge in [-0.05, 0) is 24.3 Å². The average Bonchev–Trinajstić information content (AvgIpc) is 2.31. The molecular formula is C10H12O8. The maximum absolute atomic E-state index is 9.77. The van der Waals surface area contributed by atoms with Gasteiger partial charge in [0, 0.05) is 0 Å². The number of hydrogen-bond donors (Lipinski definition) is 6. The second-order valence-corrected chi connectivity index (χ2v) is 3.08. The number of carboxylic acid groups (broad SMARTS) is 2. The molecule has 0 aliphatic rings. The molecule has 0 aromatic heterocycles. The normalized spacial score (nSPS) is 12.8. The number of hydrogen-bond acceptors (Lipinski definition) is 6. The number of aromatic hydroxyl groups is 2. The van der Waals surface area contributed by atoms with E-state index >= 15 is 0 Å². The van der Waals surface area contributed by atoms with E-state index in [0.717, 1.165) is 0 Å². The van der Waals surface area contributed by atoms with Crippen LogP contribution in [0.3, 0.4) is 0 Å². The Balaban J connectivity index is 0.000000327. The van der Waals surface area contributed by atoms with Crippen LogP contribution in [0, 0.1) is 0 Å². The molecule has 0 amide bonds. The van der Waals surface area contributed by atoms with Crippen LogP contribution in [0.1, 0.15) is 0 Å². The fourth-order valence-corrected chi connectivity index (χ4v) is 0.723. The van der Waals surface area contributed by atoms with Gasteiger partial charge in [0.15, 0.2) is 12.2 Å². The van der Waals surface area contributed by atoms with Gasteiger partial charge >= 0.3 is 11.9 Å². The third-order valence-corrected chi connectivity index (χ3v) is 1.65. The van der Waals surface area contributed by atoms with Gasteiger partial charge in [0.05, 0.1) is 0 Å². The van der Waals surface area contributed by atoms with Gasteiger partial charge in [0.2, 0.25) is 0 Å². The molecule has 8 nitrogen and oxygen atoms in total. The maximum atomic E-state index is 9.77. The first-order chi connectivity index (χ1) is 8.25. The van der Waals surface area contributed by atoms with Gasteiger partial charge in [0.25, 0.3) is 0 Å². The van der Waals surface area contributed by atoms with Gasteiger partial charge < -0.3 is 30.6 Å². The second kappa shape index (κ2) is 7.09. The molecule has 0 aliphatic heterocycles. The lowest BCUT2D eigenvalue weighted by Gasteiger charge is -2.07. The minimum absolute atomic E-state index is 0.169. The highest BCUT2D eigenvalue weighted by Gasteiger charge is 2.29. The summed E-state index contributed by atoms with van der Waals surface area (Å²) in [5.74, 6) is -3.20. The predicted molar refractivity (Wildman–Crippen MR) is 57.1 cm³/mol. The molecule has 8 heteroatoms. The molecule has 0 bridgehead atoms. The van der Waals surface area contributed by atoms with E-state index in [1.165, 1.54) is 24.3 Å². The number of aliphatic hydroxyl groups is 2. The molecule has 0 saturated carbocycles. The Morgan fingerprint density at radius 3 is 1.17 bits per heavy atom. The van der Waals surface area contributed by atoms with Gasteiger partial charge in [-0.15, -0.1) is 0 Å². The van der Waals surface area contributed by atoms with Crippen molar-refractivity contribution in [3.63, 3.8) is 0 Å². The van der Waals surface area contributed by atoms with Crippen molar-refractivity contribution in [3.8, 4) is 11.5 Å². The molecule has 0 saturated heterocycles. The standard InChI is InChI=1S/C6H6O2.C4H6O6/c7-5-1-2-6(8)4-3-5;5-1(3(7)8)2(6)4(9)10/h1-4,7-8H;1-2,5-6H,(H,7,8)(H,9,10). The quantitative estimate of drug-likeness (QED) is 0.377. The Labute approximate surface area is 101 Å². The van der Waals surface area contributed by atoms with Gasteiger partial charge in [-0.25, -0.2) is 9.59 Å². The van der Waals surface area contributed by atoms with E-state index in [9.17, 15) is 9.59 Å². The van der Waals surface area contributed by atoms with Gasteiger partial charge in [-0.3, -0.25) is 0 Å². The van der Waals surface area contributed by atoms with Crippen LogP contribution >= 0.6 is 0 Å². The summed E-state index contributed by atoms with van der Waals surface area (Å²) in [6, 6.07) is 5.70. The zero-order valence-corrected chi connectivity index (χ0v) is 8.96. The third-order valence-electron chi connectivity index (χ3n) is 1.65. The van der Waals surface area contributed by atoms with Gasteiger partial charge in [-0.1, -0.05) is 0 Å². The number of phenols is 2. The molecule has 2 unspecified atom stereocenters. The van der Waals surface area contributed by atoms with E-state index in [2.05, 4.69) is 0 Å². The lowest BCUT2D eigenvalue weighted by Crippen LogP contribution is -2.39. The van der Waals surface area contributed by atoms with Crippen LogP contribution in [0.25, 0.3) is 0 Å². The Bertz CT molecular complexity index is 360. The van der Waals surface area contributed by atoms with E-state index in [1.807, 2.05) is 0 Å². The highest BCUT2D eigenvalue weighted by atomic mass is 16.4. The van der Waals surface area contributed by atoms with Crippen molar-refractivity contribution >= 4 is 11.9 Å². The Morgan fingerprint density at radius 1 is 0.778 bits per heavy atom.